The number of nitrogens with zero attached hydrogens (tertiary/aromatic N) is 1. The summed E-state index contributed by atoms with van der Waals surface area (Å²) >= 11 is 5.14. The quantitative estimate of drug-likeness (QED) is 0.717. The monoisotopic (exact) mass is 214 g/mol. The summed E-state index contributed by atoms with van der Waals surface area (Å²) in [5.41, 5.74) is 5.53. The van der Waals surface area contributed by atoms with Gasteiger partial charge in [-0.25, -0.2) is 4.79 Å². The van der Waals surface area contributed by atoms with Gasteiger partial charge < -0.3 is 10.8 Å². The van der Waals surface area contributed by atoms with Crippen LogP contribution >= 0.6 is 11.6 Å². The zero-order chi connectivity index (χ0) is 10.7. The minimum atomic E-state index is -1.11. The summed E-state index contributed by atoms with van der Waals surface area (Å²) in [7, 11) is 0. The number of carboxylic acids is 1. The van der Waals surface area contributed by atoms with Gasteiger partial charge in [-0.15, -0.1) is 0 Å². The van der Waals surface area contributed by atoms with Crippen LogP contribution < -0.4 is 5.73 Å². The molecule has 1 aromatic heterocycles. The van der Waals surface area contributed by atoms with E-state index in [0.717, 1.165) is 0 Å². The fraction of sp³-hybridized carbons (Fsp3) is 0.125. The molecule has 14 heavy (non-hydrogen) atoms. The number of rotatable bonds is 3. The molecule has 0 aliphatic heterocycles. The van der Waals surface area contributed by atoms with Gasteiger partial charge in [0.1, 0.15) is 6.04 Å². The highest BCUT2D eigenvalue weighted by molar-refractivity contribution is 6.64. The molecule has 0 saturated carbocycles. The average molecular weight is 215 g/mol. The lowest BCUT2D eigenvalue weighted by Crippen LogP contribution is -2.18. The van der Waals surface area contributed by atoms with E-state index in [2.05, 4.69) is 4.98 Å². The number of halogens is 1. The average Bonchev–Trinajstić information content (AvgIpc) is 2.16. The fourth-order valence-electron chi connectivity index (χ4n) is 0.868. The predicted octanol–water partition coefficient (Wildman–Crippen LogP) is 0.545. The van der Waals surface area contributed by atoms with Gasteiger partial charge in [-0.05, 0) is 23.7 Å². The molecule has 6 heteroatoms. The van der Waals surface area contributed by atoms with Crippen molar-refractivity contribution < 1.29 is 14.7 Å². The van der Waals surface area contributed by atoms with E-state index in [4.69, 9.17) is 22.4 Å². The molecule has 0 radical (unpaired) electrons. The molecule has 0 aliphatic carbocycles. The van der Waals surface area contributed by atoms with Crippen molar-refractivity contribution in [2.45, 2.75) is 6.04 Å². The van der Waals surface area contributed by atoms with Gasteiger partial charge >= 0.3 is 5.97 Å². The van der Waals surface area contributed by atoms with Crippen molar-refractivity contribution in [1.82, 2.24) is 4.98 Å². The third kappa shape index (κ3) is 2.27. The van der Waals surface area contributed by atoms with Gasteiger partial charge in [-0.1, -0.05) is 0 Å². The molecule has 0 amide bonds. The van der Waals surface area contributed by atoms with E-state index in [9.17, 15) is 9.59 Å². The van der Waals surface area contributed by atoms with Crippen LogP contribution in [0.15, 0.2) is 18.3 Å². The van der Waals surface area contributed by atoms with E-state index in [1.165, 1.54) is 18.3 Å². The molecule has 1 atom stereocenters. The lowest BCUT2D eigenvalue weighted by Gasteiger charge is -2.05. The zero-order valence-corrected chi connectivity index (χ0v) is 7.73. The first kappa shape index (κ1) is 10.6. The summed E-state index contributed by atoms with van der Waals surface area (Å²) in [4.78, 5) is 25.0. The lowest BCUT2D eigenvalue weighted by atomic mass is 10.1. The molecule has 5 nitrogen and oxygen atoms in total. The van der Waals surface area contributed by atoms with Crippen LogP contribution in [0, 0.1) is 0 Å². The third-order valence-corrected chi connectivity index (χ3v) is 1.83. The number of hydrogen-bond donors (Lipinski definition) is 2. The number of aromatic carboxylic acids is 1. The lowest BCUT2D eigenvalue weighted by molar-refractivity contribution is -0.113. The molecule has 1 rings (SSSR count). The van der Waals surface area contributed by atoms with E-state index in [-0.39, 0.29) is 11.3 Å². The number of aromatic nitrogens is 1. The first-order valence-corrected chi connectivity index (χ1v) is 4.04. The van der Waals surface area contributed by atoms with E-state index in [1.807, 2.05) is 0 Å². The molecule has 1 heterocycles. The van der Waals surface area contributed by atoms with Crippen LogP contribution in [0.3, 0.4) is 0 Å². The molecule has 0 unspecified atom stereocenters. The third-order valence-electron chi connectivity index (χ3n) is 1.59. The van der Waals surface area contributed by atoms with Gasteiger partial charge in [0.05, 0.1) is 11.3 Å². The standard InChI is InChI=1S/C8H7ClN2O3/c9-7(12)6(10)5-3-4(8(13)14)1-2-11-5/h1-3,6H,10H2,(H,13,14)/t6-/m0/s1. The minimum Gasteiger partial charge on any atom is -0.478 e. The van der Waals surface area contributed by atoms with Crippen LogP contribution in [0.2, 0.25) is 0 Å². The Kier molecular flexibility index (Phi) is 3.16. The van der Waals surface area contributed by atoms with Crippen molar-refractivity contribution in [1.29, 1.82) is 0 Å². The first-order chi connectivity index (χ1) is 6.52. The minimum absolute atomic E-state index is 0.0170. The summed E-state index contributed by atoms with van der Waals surface area (Å²) in [6.45, 7) is 0. The molecule has 0 saturated heterocycles. The maximum absolute atomic E-state index is 10.7. The van der Waals surface area contributed by atoms with Gasteiger partial charge in [0.25, 0.3) is 0 Å². The van der Waals surface area contributed by atoms with Crippen molar-refractivity contribution >= 4 is 22.8 Å². The summed E-state index contributed by atoms with van der Waals surface area (Å²) in [5, 5.41) is 7.87. The SMILES string of the molecule is N[C@H](C(=O)Cl)c1cc(C(=O)O)ccn1. The molecular weight excluding hydrogens is 208 g/mol. The molecule has 0 bridgehead atoms. The highest BCUT2D eigenvalue weighted by Crippen LogP contribution is 2.11. The zero-order valence-electron chi connectivity index (χ0n) is 6.98. The molecule has 0 aliphatic rings. The highest BCUT2D eigenvalue weighted by atomic mass is 35.5. The molecule has 3 N–H and O–H groups in total. The number of carboxylic acid groups (broad SMARTS) is 1. The Balaban J connectivity index is 3.05. The second kappa shape index (κ2) is 4.17. The number of carbonyl (C=O) groups excluding carboxylic acids is 1. The van der Waals surface area contributed by atoms with Crippen molar-refractivity contribution in [2.75, 3.05) is 0 Å². The Morgan fingerprint density at radius 1 is 1.57 bits per heavy atom. The second-order valence-electron chi connectivity index (χ2n) is 2.56. The number of pyridine rings is 1. The Hall–Kier alpha value is -1.46. The Morgan fingerprint density at radius 3 is 2.71 bits per heavy atom. The predicted molar refractivity (Wildman–Crippen MR) is 49.0 cm³/mol. The van der Waals surface area contributed by atoms with E-state index in [1.54, 1.807) is 0 Å². The normalized spacial score (nSPS) is 12.1. The molecular formula is C8H7ClN2O3. The summed E-state index contributed by atoms with van der Waals surface area (Å²) in [6, 6.07) is 1.43. The van der Waals surface area contributed by atoms with Crippen molar-refractivity contribution in [3.05, 3.63) is 29.6 Å². The van der Waals surface area contributed by atoms with Crippen LogP contribution in [-0.2, 0) is 4.79 Å². The van der Waals surface area contributed by atoms with E-state index < -0.39 is 17.3 Å². The number of nitrogens with two attached hydrogens (primary N) is 1. The van der Waals surface area contributed by atoms with Gasteiger partial charge in [0.15, 0.2) is 0 Å². The molecule has 0 spiro atoms. The van der Waals surface area contributed by atoms with Crippen LogP contribution in [0.1, 0.15) is 22.1 Å². The van der Waals surface area contributed by atoms with Crippen molar-refractivity contribution in [3.63, 3.8) is 0 Å². The van der Waals surface area contributed by atoms with Crippen molar-refractivity contribution in [2.24, 2.45) is 5.73 Å². The smallest absolute Gasteiger partial charge is 0.335 e. The second-order valence-corrected chi connectivity index (χ2v) is 2.93. The number of hydrogen-bond acceptors (Lipinski definition) is 4. The molecule has 1 aromatic rings. The maximum atomic E-state index is 10.7. The molecule has 0 aromatic carbocycles. The summed E-state index contributed by atoms with van der Waals surface area (Å²) in [6.07, 6.45) is 1.26. The van der Waals surface area contributed by atoms with Crippen LogP contribution in [0.5, 0.6) is 0 Å². The van der Waals surface area contributed by atoms with Crippen LogP contribution in [-0.4, -0.2) is 21.3 Å². The largest absolute Gasteiger partial charge is 0.478 e. The van der Waals surface area contributed by atoms with Gasteiger partial charge in [0, 0.05) is 6.20 Å². The van der Waals surface area contributed by atoms with E-state index >= 15 is 0 Å². The molecule has 0 fully saturated rings. The van der Waals surface area contributed by atoms with Crippen LogP contribution in [0.25, 0.3) is 0 Å². The van der Waals surface area contributed by atoms with E-state index in [0.29, 0.717) is 0 Å². The van der Waals surface area contributed by atoms with Gasteiger partial charge in [0.2, 0.25) is 5.24 Å². The van der Waals surface area contributed by atoms with Gasteiger partial charge in [-0.3, -0.25) is 9.78 Å². The topological polar surface area (TPSA) is 93.3 Å². The maximum Gasteiger partial charge on any atom is 0.335 e. The van der Waals surface area contributed by atoms with Crippen LogP contribution in [0.4, 0.5) is 0 Å². The summed E-state index contributed by atoms with van der Waals surface area (Å²) in [5.74, 6) is -1.11. The Bertz CT molecular complexity index is 381. The number of carbonyl (C=O) groups is 2. The fourth-order valence-corrected chi connectivity index (χ4v) is 0.980. The van der Waals surface area contributed by atoms with Gasteiger partial charge in [-0.2, -0.15) is 0 Å². The highest BCUT2D eigenvalue weighted by Gasteiger charge is 2.16. The first-order valence-electron chi connectivity index (χ1n) is 3.66. The molecule has 74 valence electrons. The Morgan fingerprint density at radius 2 is 2.21 bits per heavy atom. The van der Waals surface area contributed by atoms with Crippen molar-refractivity contribution in [3.8, 4) is 0 Å². The Labute approximate surface area is 84.5 Å². The summed E-state index contributed by atoms with van der Waals surface area (Å²) < 4.78 is 0.